The third-order valence-electron chi connectivity index (χ3n) is 3.74. The Morgan fingerprint density at radius 1 is 1.09 bits per heavy atom. The molecule has 0 aliphatic carbocycles. The lowest BCUT2D eigenvalue weighted by molar-refractivity contribution is 0.578. The number of sulfonamides is 1. The Hall–Kier alpha value is -2.18. The van der Waals surface area contributed by atoms with Crippen LogP contribution >= 0.6 is 0 Å². The summed E-state index contributed by atoms with van der Waals surface area (Å²) < 4.78 is 27.9. The predicted octanol–water partition coefficient (Wildman–Crippen LogP) is 2.97. The molecule has 0 aliphatic rings. The second kappa shape index (κ2) is 5.79. The lowest BCUT2D eigenvalue weighted by Crippen LogP contribution is -2.25. The Labute approximate surface area is 135 Å². The molecule has 6 heteroatoms. The molecule has 0 saturated carbocycles. The van der Waals surface area contributed by atoms with Crippen molar-refractivity contribution in [2.45, 2.75) is 32.2 Å². The highest BCUT2D eigenvalue weighted by Crippen LogP contribution is 2.21. The normalized spacial score (nSPS) is 12.0. The van der Waals surface area contributed by atoms with E-state index in [1.54, 1.807) is 0 Å². The number of nitrogens with one attached hydrogen (secondary N) is 2. The largest absolute Gasteiger partial charge is 0.341 e. The van der Waals surface area contributed by atoms with E-state index in [2.05, 4.69) is 14.7 Å². The standard InChI is InChI=1S/C17H19N3O2S/c1-11-8-12(2)17(13(3)9-11)23(21,22)18-10-16-19-14-6-4-5-7-15(14)20-16/h4-9,18H,10H2,1-3H3,(H,19,20). The molecule has 0 amide bonds. The van der Waals surface area contributed by atoms with Crippen molar-refractivity contribution >= 4 is 21.1 Å². The summed E-state index contributed by atoms with van der Waals surface area (Å²) in [6.07, 6.45) is 0. The van der Waals surface area contributed by atoms with Crippen molar-refractivity contribution in [3.05, 3.63) is 58.9 Å². The number of hydrogen-bond donors (Lipinski definition) is 2. The maximum atomic E-state index is 12.6. The van der Waals surface area contributed by atoms with Crippen LogP contribution in [0.25, 0.3) is 11.0 Å². The number of aromatic amines is 1. The number of para-hydroxylation sites is 2. The summed E-state index contributed by atoms with van der Waals surface area (Å²) in [5.74, 6) is 0.595. The first kappa shape index (κ1) is 15.7. The molecule has 5 nitrogen and oxygen atoms in total. The first-order valence-corrected chi connectivity index (χ1v) is 8.86. The van der Waals surface area contributed by atoms with Crippen LogP contribution in [-0.2, 0) is 16.6 Å². The van der Waals surface area contributed by atoms with Gasteiger partial charge < -0.3 is 4.98 Å². The maximum Gasteiger partial charge on any atom is 0.241 e. The van der Waals surface area contributed by atoms with Gasteiger partial charge >= 0.3 is 0 Å². The first-order valence-electron chi connectivity index (χ1n) is 7.38. The second-order valence-corrected chi connectivity index (χ2v) is 7.46. The van der Waals surface area contributed by atoms with Crippen LogP contribution in [0.3, 0.4) is 0 Å². The molecule has 2 N–H and O–H groups in total. The van der Waals surface area contributed by atoms with Crippen LogP contribution in [0, 0.1) is 20.8 Å². The van der Waals surface area contributed by atoms with Gasteiger partial charge in [-0.25, -0.2) is 18.1 Å². The Kier molecular flexibility index (Phi) is 3.95. The van der Waals surface area contributed by atoms with Crippen molar-refractivity contribution in [3.63, 3.8) is 0 Å². The molecule has 0 radical (unpaired) electrons. The Balaban J connectivity index is 1.87. The lowest BCUT2D eigenvalue weighted by Gasteiger charge is -2.12. The summed E-state index contributed by atoms with van der Waals surface area (Å²) >= 11 is 0. The fourth-order valence-corrected chi connectivity index (χ4v) is 4.35. The molecular formula is C17H19N3O2S. The van der Waals surface area contributed by atoms with Crippen molar-refractivity contribution in [2.24, 2.45) is 0 Å². The molecule has 0 atom stereocenters. The zero-order chi connectivity index (χ0) is 16.6. The maximum absolute atomic E-state index is 12.6. The number of aryl methyl sites for hydroxylation is 3. The number of H-pyrrole nitrogens is 1. The molecule has 0 saturated heterocycles. The van der Waals surface area contributed by atoms with Gasteiger partial charge in [-0.1, -0.05) is 29.8 Å². The van der Waals surface area contributed by atoms with Crippen LogP contribution in [0.1, 0.15) is 22.5 Å². The van der Waals surface area contributed by atoms with E-state index in [1.165, 1.54) is 0 Å². The molecule has 0 aliphatic heterocycles. The van der Waals surface area contributed by atoms with Gasteiger partial charge in [0.25, 0.3) is 0 Å². The molecular weight excluding hydrogens is 310 g/mol. The van der Waals surface area contributed by atoms with E-state index in [-0.39, 0.29) is 6.54 Å². The third kappa shape index (κ3) is 3.13. The molecule has 3 rings (SSSR count). The third-order valence-corrected chi connectivity index (χ3v) is 5.45. The minimum absolute atomic E-state index is 0.129. The molecule has 120 valence electrons. The number of aromatic nitrogens is 2. The van der Waals surface area contributed by atoms with Crippen LogP contribution < -0.4 is 4.72 Å². The van der Waals surface area contributed by atoms with Crippen molar-refractivity contribution < 1.29 is 8.42 Å². The van der Waals surface area contributed by atoms with Crippen molar-refractivity contribution in [1.29, 1.82) is 0 Å². The van der Waals surface area contributed by atoms with E-state index in [4.69, 9.17) is 0 Å². The Bertz CT molecular complexity index is 918. The van der Waals surface area contributed by atoms with Gasteiger partial charge in [0.1, 0.15) is 5.82 Å². The van der Waals surface area contributed by atoms with E-state index in [0.29, 0.717) is 10.7 Å². The Morgan fingerprint density at radius 2 is 1.74 bits per heavy atom. The van der Waals surface area contributed by atoms with Gasteiger partial charge in [0, 0.05) is 0 Å². The van der Waals surface area contributed by atoms with E-state index in [1.807, 2.05) is 57.2 Å². The number of fused-ring (bicyclic) bond motifs is 1. The van der Waals surface area contributed by atoms with Crippen LogP contribution in [-0.4, -0.2) is 18.4 Å². The van der Waals surface area contributed by atoms with Crippen molar-refractivity contribution in [2.75, 3.05) is 0 Å². The average molecular weight is 329 g/mol. The number of hydrogen-bond acceptors (Lipinski definition) is 3. The quantitative estimate of drug-likeness (QED) is 0.773. The predicted molar refractivity (Wildman–Crippen MR) is 90.8 cm³/mol. The molecule has 1 heterocycles. The molecule has 3 aromatic rings. The number of imidazole rings is 1. The number of nitrogens with zero attached hydrogens (tertiary/aromatic N) is 1. The molecule has 0 unspecified atom stereocenters. The summed E-state index contributed by atoms with van der Waals surface area (Å²) in [5, 5.41) is 0. The molecule has 2 aromatic carbocycles. The second-order valence-electron chi connectivity index (χ2n) is 5.75. The Morgan fingerprint density at radius 3 is 2.39 bits per heavy atom. The fourth-order valence-electron chi connectivity index (χ4n) is 2.92. The highest BCUT2D eigenvalue weighted by Gasteiger charge is 2.20. The van der Waals surface area contributed by atoms with Gasteiger partial charge in [-0.15, -0.1) is 0 Å². The van der Waals surface area contributed by atoms with Gasteiger partial charge in [-0.3, -0.25) is 0 Å². The summed E-state index contributed by atoms with van der Waals surface area (Å²) in [4.78, 5) is 7.85. The van der Waals surface area contributed by atoms with E-state index in [0.717, 1.165) is 27.7 Å². The topological polar surface area (TPSA) is 74.8 Å². The molecule has 0 bridgehead atoms. The zero-order valence-corrected chi connectivity index (χ0v) is 14.2. The van der Waals surface area contributed by atoms with Crippen LogP contribution in [0.4, 0.5) is 0 Å². The van der Waals surface area contributed by atoms with Crippen LogP contribution in [0.15, 0.2) is 41.3 Å². The SMILES string of the molecule is Cc1cc(C)c(S(=O)(=O)NCc2nc3ccccc3[nH]2)c(C)c1. The average Bonchev–Trinajstić information content (AvgIpc) is 2.86. The zero-order valence-electron chi connectivity index (χ0n) is 13.3. The van der Waals surface area contributed by atoms with Gasteiger partial charge in [0.05, 0.1) is 22.5 Å². The van der Waals surface area contributed by atoms with E-state index >= 15 is 0 Å². The van der Waals surface area contributed by atoms with Crippen LogP contribution in [0.2, 0.25) is 0 Å². The van der Waals surface area contributed by atoms with E-state index < -0.39 is 10.0 Å². The minimum Gasteiger partial charge on any atom is -0.341 e. The lowest BCUT2D eigenvalue weighted by atomic mass is 10.1. The molecule has 0 fully saturated rings. The van der Waals surface area contributed by atoms with Crippen molar-refractivity contribution in [3.8, 4) is 0 Å². The van der Waals surface area contributed by atoms with Crippen LogP contribution in [0.5, 0.6) is 0 Å². The smallest absolute Gasteiger partial charge is 0.241 e. The van der Waals surface area contributed by atoms with Gasteiger partial charge in [-0.05, 0) is 44.0 Å². The molecule has 0 spiro atoms. The monoisotopic (exact) mass is 329 g/mol. The van der Waals surface area contributed by atoms with Crippen molar-refractivity contribution in [1.82, 2.24) is 14.7 Å². The number of rotatable bonds is 4. The summed E-state index contributed by atoms with van der Waals surface area (Å²) in [7, 11) is -3.58. The summed E-state index contributed by atoms with van der Waals surface area (Å²) in [5.41, 5.74) is 4.27. The molecule has 23 heavy (non-hydrogen) atoms. The van der Waals surface area contributed by atoms with Gasteiger partial charge in [0.15, 0.2) is 0 Å². The number of benzene rings is 2. The highest BCUT2D eigenvalue weighted by atomic mass is 32.2. The first-order chi connectivity index (χ1) is 10.9. The molecule has 1 aromatic heterocycles. The minimum atomic E-state index is -3.58. The fraction of sp³-hybridized carbons (Fsp3) is 0.235. The van der Waals surface area contributed by atoms with E-state index in [9.17, 15) is 8.42 Å². The van der Waals surface area contributed by atoms with Gasteiger partial charge in [0.2, 0.25) is 10.0 Å². The highest BCUT2D eigenvalue weighted by molar-refractivity contribution is 7.89. The summed E-state index contributed by atoms with van der Waals surface area (Å²) in [6, 6.07) is 11.4. The summed E-state index contributed by atoms with van der Waals surface area (Å²) in [6.45, 7) is 5.72. The van der Waals surface area contributed by atoms with Gasteiger partial charge in [-0.2, -0.15) is 0 Å².